The Bertz CT molecular complexity index is 1330. The van der Waals surface area contributed by atoms with Crippen molar-refractivity contribution in [2.45, 2.75) is 95.2 Å². The fourth-order valence-corrected chi connectivity index (χ4v) is 4.01. The van der Waals surface area contributed by atoms with Crippen molar-refractivity contribution in [2.75, 3.05) is 19.8 Å². The first-order chi connectivity index (χ1) is 22.5. The van der Waals surface area contributed by atoms with Gasteiger partial charge in [-0.3, -0.25) is 38.4 Å². The van der Waals surface area contributed by atoms with Gasteiger partial charge in [0.2, 0.25) is 11.8 Å². The van der Waals surface area contributed by atoms with Crippen molar-refractivity contribution in [2.24, 2.45) is 5.41 Å². The zero-order valence-electron chi connectivity index (χ0n) is 28.1. The zero-order valence-corrected chi connectivity index (χ0v) is 29.7. The standard InChI is InChI=1S/C29H40BBrN4O14/c1-27(2,30)25(44)46-14-29(5,15-47-26(45)28(3,4)31)24(43)33-16(6-11-21(40)48-34-17(36)7-8-18(34)37)23(42)32-13-12-22(41)49-35-19(38)9-10-20(35)39/h16H,6-15,30H2,1-5H3,(H,32,42)(H,33,43). The molecule has 49 heavy (non-hydrogen) atoms. The highest BCUT2D eigenvalue weighted by atomic mass is 79.9. The lowest BCUT2D eigenvalue weighted by Gasteiger charge is -2.31. The van der Waals surface area contributed by atoms with E-state index in [2.05, 4.69) is 26.6 Å². The summed E-state index contributed by atoms with van der Waals surface area (Å²) in [5, 5.41) is 4.52. The van der Waals surface area contributed by atoms with Crippen molar-refractivity contribution in [3.63, 3.8) is 0 Å². The van der Waals surface area contributed by atoms with Crippen LogP contribution in [0.3, 0.4) is 0 Å². The van der Waals surface area contributed by atoms with Crippen LogP contribution in [0.25, 0.3) is 0 Å². The Morgan fingerprint density at radius 3 is 1.61 bits per heavy atom. The Morgan fingerprint density at radius 2 is 1.18 bits per heavy atom. The van der Waals surface area contributed by atoms with Crippen molar-refractivity contribution in [3.8, 4) is 0 Å². The second kappa shape index (κ2) is 16.8. The van der Waals surface area contributed by atoms with Crippen molar-refractivity contribution in [1.29, 1.82) is 0 Å². The van der Waals surface area contributed by atoms with Crippen LogP contribution in [0.2, 0.25) is 5.31 Å². The summed E-state index contributed by atoms with van der Waals surface area (Å²) in [6, 6.07) is -1.52. The van der Waals surface area contributed by atoms with Gasteiger partial charge in [0.05, 0.1) is 12.8 Å². The summed E-state index contributed by atoms with van der Waals surface area (Å²) in [5.74, 6) is -8.22. The van der Waals surface area contributed by atoms with Crippen LogP contribution in [0.15, 0.2) is 0 Å². The molecule has 2 saturated heterocycles. The Kier molecular flexibility index (Phi) is 14.0. The van der Waals surface area contributed by atoms with Crippen LogP contribution in [0.5, 0.6) is 0 Å². The number of hydroxylamine groups is 4. The summed E-state index contributed by atoms with van der Waals surface area (Å²) in [5.41, 5.74) is -1.76. The van der Waals surface area contributed by atoms with Gasteiger partial charge in [-0.05, 0) is 27.2 Å². The minimum Gasteiger partial charge on any atom is -0.465 e. The largest absolute Gasteiger partial charge is 0.465 e. The Morgan fingerprint density at radius 1 is 0.755 bits per heavy atom. The third-order valence-corrected chi connectivity index (χ3v) is 7.30. The Balaban J connectivity index is 2.20. The van der Waals surface area contributed by atoms with Crippen LogP contribution < -0.4 is 10.6 Å². The first kappa shape index (κ1) is 40.8. The number of carbonyl (C=O) groups excluding carboxylic acids is 10. The number of amides is 6. The number of hydrogen-bond donors (Lipinski definition) is 2. The van der Waals surface area contributed by atoms with E-state index in [1.165, 1.54) is 20.8 Å². The molecule has 270 valence electrons. The molecule has 6 amide bonds. The van der Waals surface area contributed by atoms with E-state index in [0.29, 0.717) is 10.1 Å². The number of ether oxygens (including phenoxy) is 2. The maximum absolute atomic E-state index is 13.7. The number of nitrogens with one attached hydrogen (secondary N) is 2. The van der Waals surface area contributed by atoms with Gasteiger partial charge in [-0.15, -0.1) is 10.1 Å². The number of esters is 2. The van der Waals surface area contributed by atoms with E-state index in [1.54, 1.807) is 21.7 Å². The molecule has 20 heteroatoms. The second-order valence-corrected chi connectivity index (χ2v) is 15.1. The first-order valence-electron chi connectivity index (χ1n) is 15.3. The quantitative estimate of drug-likeness (QED) is 0.0789. The molecule has 2 N–H and O–H groups in total. The average Bonchev–Trinajstić information content (AvgIpc) is 3.49. The number of hydrogen-bond acceptors (Lipinski definition) is 14. The SMILES string of the molecule is BC(C)(C)C(=O)OCC(C)(COC(=O)C(C)(C)Br)C(=O)NC(CCC(=O)ON1C(=O)CCC1=O)C(=O)NCCC(=O)ON1C(=O)CCC1=O. The van der Waals surface area contributed by atoms with Gasteiger partial charge in [-0.2, -0.15) is 0 Å². The molecule has 2 atom stereocenters. The van der Waals surface area contributed by atoms with E-state index >= 15 is 0 Å². The summed E-state index contributed by atoms with van der Waals surface area (Å²) < 4.78 is 9.54. The van der Waals surface area contributed by atoms with Gasteiger partial charge < -0.3 is 29.8 Å². The van der Waals surface area contributed by atoms with Crippen molar-refractivity contribution >= 4 is 83.1 Å². The molecule has 0 aliphatic carbocycles. The lowest BCUT2D eigenvalue weighted by Crippen LogP contribution is -2.54. The first-order valence-corrected chi connectivity index (χ1v) is 16.1. The molecule has 2 rings (SSSR count). The number of imide groups is 2. The highest BCUT2D eigenvalue weighted by Crippen LogP contribution is 2.26. The van der Waals surface area contributed by atoms with Gasteiger partial charge in [0.15, 0.2) is 0 Å². The summed E-state index contributed by atoms with van der Waals surface area (Å²) in [4.78, 5) is 133. The van der Waals surface area contributed by atoms with Crippen LogP contribution in [0.4, 0.5) is 0 Å². The van der Waals surface area contributed by atoms with Crippen LogP contribution >= 0.6 is 15.9 Å². The number of alkyl halides is 1. The monoisotopic (exact) mass is 758 g/mol. The smallest absolute Gasteiger partial charge is 0.334 e. The van der Waals surface area contributed by atoms with E-state index in [9.17, 15) is 47.9 Å². The molecule has 2 aliphatic heterocycles. The van der Waals surface area contributed by atoms with Gasteiger partial charge >= 0.3 is 23.9 Å². The minimum absolute atomic E-state index is 0.117. The van der Waals surface area contributed by atoms with Crippen molar-refractivity contribution in [3.05, 3.63) is 0 Å². The van der Waals surface area contributed by atoms with E-state index < -0.39 is 113 Å². The fourth-order valence-electron chi connectivity index (χ4n) is 3.90. The molecule has 0 aromatic rings. The molecule has 2 unspecified atom stereocenters. The molecule has 0 radical (unpaired) electrons. The van der Waals surface area contributed by atoms with Crippen LogP contribution in [-0.2, 0) is 67.1 Å². The zero-order chi connectivity index (χ0) is 37.3. The molecule has 0 aromatic carbocycles. The van der Waals surface area contributed by atoms with E-state index in [0.717, 1.165) is 0 Å². The molecule has 18 nitrogen and oxygen atoms in total. The predicted molar refractivity (Wildman–Crippen MR) is 169 cm³/mol. The molecule has 0 spiro atoms. The van der Waals surface area contributed by atoms with Crippen LogP contribution in [0, 0.1) is 5.41 Å². The maximum atomic E-state index is 13.7. The van der Waals surface area contributed by atoms with Crippen LogP contribution in [0.1, 0.15) is 79.6 Å². The topological polar surface area (TPSA) is 238 Å². The fraction of sp³-hybridized carbons (Fsp3) is 0.655. The summed E-state index contributed by atoms with van der Waals surface area (Å²) >= 11 is 3.16. The van der Waals surface area contributed by atoms with Crippen molar-refractivity contribution in [1.82, 2.24) is 20.8 Å². The third kappa shape index (κ3) is 12.2. The Labute approximate surface area is 291 Å². The number of halogens is 1. The van der Waals surface area contributed by atoms with Gasteiger partial charge in [-0.25, -0.2) is 9.59 Å². The minimum atomic E-state index is -1.76. The maximum Gasteiger partial charge on any atom is 0.334 e. The van der Waals surface area contributed by atoms with E-state index in [1.807, 2.05) is 0 Å². The third-order valence-electron chi connectivity index (χ3n) is 6.97. The number of rotatable bonds is 17. The summed E-state index contributed by atoms with van der Waals surface area (Å²) in [6.45, 7) is 5.92. The molecule has 0 bridgehead atoms. The number of nitrogens with zero attached hydrogens (tertiary/aromatic N) is 2. The van der Waals surface area contributed by atoms with Gasteiger partial charge in [0.1, 0.15) is 36.8 Å². The molecular formula is C29H40BBrN4O14. The second-order valence-electron chi connectivity index (χ2n) is 13.1. The summed E-state index contributed by atoms with van der Waals surface area (Å²) in [6.07, 6.45) is -2.05. The summed E-state index contributed by atoms with van der Waals surface area (Å²) in [7, 11) is 1.58. The Hall–Kier alpha value is -4.36. The van der Waals surface area contributed by atoms with E-state index in [-0.39, 0.29) is 32.2 Å². The molecule has 2 heterocycles. The molecule has 0 aromatic heterocycles. The van der Waals surface area contributed by atoms with Gasteiger partial charge in [-0.1, -0.05) is 29.8 Å². The molecule has 2 aliphatic rings. The van der Waals surface area contributed by atoms with Crippen LogP contribution in [-0.4, -0.2) is 107 Å². The average molecular weight is 759 g/mol. The molecule has 0 saturated carbocycles. The predicted octanol–water partition coefficient (Wildman–Crippen LogP) is -0.930. The lowest BCUT2D eigenvalue weighted by molar-refractivity contribution is -0.197. The highest BCUT2D eigenvalue weighted by Gasteiger charge is 2.41. The van der Waals surface area contributed by atoms with Gasteiger partial charge in [0, 0.05) is 37.5 Å². The number of carbonyl (C=O) groups is 10. The van der Waals surface area contributed by atoms with Gasteiger partial charge in [0.25, 0.3) is 23.6 Å². The molecule has 2 fully saturated rings. The molecular weight excluding hydrogens is 719 g/mol. The van der Waals surface area contributed by atoms with E-state index in [4.69, 9.17) is 19.1 Å². The normalized spacial score (nSPS) is 16.9. The lowest BCUT2D eigenvalue weighted by atomic mass is 9.72. The van der Waals surface area contributed by atoms with Crippen molar-refractivity contribution < 1.29 is 67.1 Å². The highest BCUT2D eigenvalue weighted by molar-refractivity contribution is 9.10.